The smallest absolute Gasteiger partial charge is 0.317 e. The van der Waals surface area contributed by atoms with Gasteiger partial charge in [0.05, 0.1) is 15.9 Å². The van der Waals surface area contributed by atoms with Crippen molar-refractivity contribution in [2.24, 2.45) is 0 Å². The summed E-state index contributed by atoms with van der Waals surface area (Å²) in [6.45, 7) is 1.66. The Bertz CT molecular complexity index is 429. The molecule has 0 spiro atoms. The molecule has 0 amide bonds. The van der Waals surface area contributed by atoms with Crippen molar-refractivity contribution >= 4 is 11.4 Å². The minimum atomic E-state index is -0.859. The Hall–Kier alpha value is -2.18. The van der Waals surface area contributed by atoms with Crippen molar-refractivity contribution < 1.29 is 15.0 Å². The molecular weight excluding hydrogens is 204 g/mol. The highest BCUT2D eigenvalue weighted by molar-refractivity contribution is 5.57. The lowest BCUT2D eigenvalue weighted by Crippen LogP contribution is -1.97. The van der Waals surface area contributed by atoms with Gasteiger partial charge in [0.2, 0.25) is 0 Å². The van der Waals surface area contributed by atoms with Crippen LogP contribution < -0.4 is 0 Å². The molecule has 0 saturated carbocycles. The number of aryl methyl sites for hydroxylation is 1. The number of aromatic hydroxyl groups is 1. The minimum Gasteiger partial charge on any atom is -0.502 e. The molecule has 0 unspecified atom stereocenters. The molecule has 0 radical (unpaired) electrons. The average Bonchev–Trinajstić information content (AvgIpc) is 2.16. The third-order valence-electron chi connectivity index (χ3n) is 1.95. The van der Waals surface area contributed by atoms with E-state index in [2.05, 4.69) is 0 Å². The van der Waals surface area contributed by atoms with Gasteiger partial charge in [-0.1, -0.05) is 6.92 Å². The maximum atomic E-state index is 10.6. The summed E-state index contributed by atoms with van der Waals surface area (Å²) in [6.07, 6.45) is 0.321. The molecule has 80 valence electrons. The summed E-state index contributed by atoms with van der Waals surface area (Å²) < 4.78 is 0. The standard InChI is InChI=1S/C8H8N2O5/c1-2-5-3-8(11)7(10(14)15)4-6(5)9(12)13/h3-4,11H,2H2,1H3. The summed E-state index contributed by atoms with van der Waals surface area (Å²) in [5.41, 5.74) is -0.732. The SMILES string of the molecule is CCc1cc(O)c([N+](=O)[O-])cc1[N+](=O)[O-]. The monoisotopic (exact) mass is 212 g/mol. The van der Waals surface area contributed by atoms with Crippen molar-refractivity contribution in [3.8, 4) is 5.75 Å². The van der Waals surface area contributed by atoms with Crippen LogP contribution in [0.5, 0.6) is 5.75 Å². The first-order chi connectivity index (χ1) is 6.97. The fourth-order valence-corrected chi connectivity index (χ4v) is 1.21. The molecule has 0 aromatic heterocycles. The molecule has 7 nitrogen and oxygen atoms in total. The van der Waals surface area contributed by atoms with Crippen LogP contribution in [0.3, 0.4) is 0 Å². The van der Waals surface area contributed by atoms with Crippen LogP contribution in [-0.4, -0.2) is 15.0 Å². The Morgan fingerprint density at radius 1 is 1.20 bits per heavy atom. The van der Waals surface area contributed by atoms with Gasteiger partial charge in [0.25, 0.3) is 5.69 Å². The molecule has 0 aliphatic heterocycles. The van der Waals surface area contributed by atoms with Crippen molar-refractivity contribution in [2.45, 2.75) is 13.3 Å². The topological polar surface area (TPSA) is 107 Å². The molecule has 1 N–H and O–H groups in total. The molecule has 0 saturated heterocycles. The van der Waals surface area contributed by atoms with Gasteiger partial charge in [-0.25, -0.2) is 0 Å². The molecule has 0 atom stereocenters. The second kappa shape index (κ2) is 3.91. The van der Waals surface area contributed by atoms with E-state index in [0.717, 1.165) is 12.1 Å². The van der Waals surface area contributed by atoms with Gasteiger partial charge < -0.3 is 5.11 Å². The Kier molecular flexibility index (Phi) is 2.84. The van der Waals surface area contributed by atoms with Crippen LogP contribution >= 0.6 is 0 Å². The predicted octanol–water partition coefficient (Wildman–Crippen LogP) is 1.77. The Balaban J connectivity index is 3.43. The lowest BCUT2D eigenvalue weighted by molar-refractivity contribution is -0.395. The van der Waals surface area contributed by atoms with Gasteiger partial charge in [0.1, 0.15) is 0 Å². The number of phenols is 1. The van der Waals surface area contributed by atoms with Crippen LogP contribution in [0, 0.1) is 20.2 Å². The van der Waals surface area contributed by atoms with Crippen LogP contribution in [0.2, 0.25) is 0 Å². The highest BCUT2D eigenvalue weighted by atomic mass is 16.6. The molecule has 0 heterocycles. The van der Waals surface area contributed by atoms with Gasteiger partial charge in [0.15, 0.2) is 5.75 Å². The van der Waals surface area contributed by atoms with Gasteiger partial charge >= 0.3 is 5.69 Å². The number of nitro benzene ring substituents is 2. The predicted molar refractivity (Wildman–Crippen MR) is 50.8 cm³/mol. The maximum absolute atomic E-state index is 10.6. The summed E-state index contributed by atoms with van der Waals surface area (Å²) in [7, 11) is 0. The number of rotatable bonds is 3. The maximum Gasteiger partial charge on any atom is 0.317 e. The van der Waals surface area contributed by atoms with E-state index >= 15 is 0 Å². The Morgan fingerprint density at radius 3 is 2.13 bits per heavy atom. The van der Waals surface area contributed by atoms with Gasteiger partial charge in [-0.15, -0.1) is 0 Å². The van der Waals surface area contributed by atoms with Crippen LogP contribution in [0.1, 0.15) is 12.5 Å². The number of hydrogen-bond donors (Lipinski definition) is 1. The van der Waals surface area contributed by atoms with E-state index in [1.165, 1.54) is 0 Å². The minimum absolute atomic E-state index is 0.267. The molecule has 0 bridgehead atoms. The van der Waals surface area contributed by atoms with Crippen molar-refractivity contribution in [2.75, 3.05) is 0 Å². The van der Waals surface area contributed by atoms with Crippen LogP contribution in [-0.2, 0) is 6.42 Å². The zero-order valence-corrected chi connectivity index (χ0v) is 7.84. The van der Waals surface area contributed by atoms with E-state index in [1.807, 2.05) is 0 Å². The second-order valence-corrected chi connectivity index (χ2v) is 2.84. The van der Waals surface area contributed by atoms with E-state index in [9.17, 15) is 25.3 Å². The summed E-state index contributed by atoms with van der Waals surface area (Å²) in [5.74, 6) is -0.553. The largest absolute Gasteiger partial charge is 0.502 e. The molecule has 1 aromatic carbocycles. The van der Waals surface area contributed by atoms with Gasteiger partial charge in [-0.2, -0.15) is 0 Å². The van der Waals surface area contributed by atoms with E-state index in [0.29, 0.717) is 6.42 Å². The number of hydrogen-bond acceptors (Lipinski definition) is 5. The molecule has 1 rings (SSSR count). The van der Waals surface area contributed by atoms with Crippen LogP contribution in [0.25, 0.3) is 0 Å². The second-order valence-electron chi connectivity index (χ2n) is 2.84. The average molecular weight is 212 g/mol. The summed E-state index contributed by atoms with van der Waals surface area (Å²) in [6, 6.07) is 1.82. The number of benzene rings is 1. The first-order valence-electron chi connectivity index (χ1n) is 4.12. The van der Waals surface area contributed by atoms with Crippen LogP contribution in [0.4, 0.5) is 11.4 Å². The molecule has 0 aliphatic rings. The zero-order valence-electron chi connectivity index (χ0n) is 7.84. The van der Waals surface area contributed by atoms with Crippen molar-refractivity contribution in [3.05, 3.63) is 37.9 Å². The molecule has 1 aromatic rings. The van der Waals surface area contributed by atoms with E-state index < -0.39 is 21.3 Å². The van der Waals surface area contributed by atoms with E-state index in [-0.39, 0.29) is 11.3 Å². The molecule has 0 aliphatic carbocycles. The van der Waals surface area contributed by atoms with Crippen molar-refractivity contribution in [3.63, 3.8) is 0 Å². The third kappa shape index (κ3) is 2.01. The summed E-state index contributed by atoms with van der Waals surface area (Å²) in [4.78, 5) is 19.4. The quantitative estimate of drug-likeness (QED) is 0.606. The van der Waals surface area contributed by atoms with Crippen molar-refractivity contribution in [1.29, 1.82) is 0 Å². The third-order valence-corrected chi connectivity index (χ3v) is 1.95. The van der Waals surface area contributed by atoms with Gasteiger partial charge in [0, 0.05) is 5.56 Å². The lowest BCUT2D eigenvalue weighted by Gasteiger charge is -2.01. The van der Waals surface area contributed by atoms with Gasteiger partial charge in [-0.05, 0) is 12.5 Å². The van der Waals surface area contributed by atoms with Gasteiger partial charge in [-0.3, -0.25) is 20.2 Å². The molecule has 7 heteroatoms. The number of nitrogens with zero attached hydrogens (tertiary/aromatic N) is 2. The normalized spacial score (nSPS) is 9.93. The first kappa shape index (κ1) is 10.9. The first-order valence-corrected chi connectivity index (χ1v) is 4.12. The van der Waals surface area contributed by atoms with E-state index in [4.69, 9.17) is 0 Å². The molecular formula is C8H8N2O5. The highest BCUT2D eigenvalue weighted by Crippen LogP contribution is 2.33. The summed E-state index contributed by atoms with van der Waals surface area (Å²) >= 11 is 0. The molecule has 0 fully saturated rings. The fraction of sp³-hybridized carbons (Fsp3) is 0.250. The van der Waals surface area contributed by atoms with Crippen LogP contribution in [0.15, 0.2) is 12.1 Å². The van der Waals surface area contributed by atoms with Crippen molar-refractivity contribution in [1.82, 2.24) is 0 Å². The Labute approximate surface area is 84.3 Å². The van der Waals surface area contributed by atoms with E-state index in [1.54, 1.807) is 6.92 Å². The molecule has 15 heavy (non-hydrogen) atoms. The number of phenolic OH excluding ortho intramolecular Hbond substituents is 1. The number of nitro groups is 2. The fourth-order valence-electron chi connectivity index (χ4n) is 1.21. The Morgan fingerprint density at radius 2 is 1.73 bits per heavy atom. The zero-order chi connectivity index (χ0) is 11.6. The lowest BCUT2D eigenvalue weighted by atomic mass is 10.1. The summed E-state index contributed by atoms with van der Waals surface area (Å²) in [5, 5.41) is 30.2. The highest BCUT2D eigenvalue weighted by Gasteiger charge is 2.22.